The fourth-order valence-electron chi connectivity index (χ4n) is 2.19. The molecule has 27 heavy (non-hydrogen) atoms. The molecule has 2 aromatic heterocycles. The lowest BCUT2D eigenvalue weighted by Crippen LogP contribution is -1.77. The summed E-state index contributed by atoms with van der Waals surface area (Å²) in [5.41, 5.74) is 2.25. The summed E-state index contributed by atoms with van der Waals surface area (Å²) in [7, 11) is 3.30. The van der Waals surface area contributed by atoms with Gasteiger partial charge in [-0.05, 0) is 15.9 Å². The lowest BCUT2D eigenvalue weighted by atomic mass is 10.2. The molecule has 0 amide bonds. The van der Waals surface area contributed by atoms with Crippen LogP contribution in [-0.2, 0) is 0 Å². The number of ether oxygens (including phenoxy) is 2. The Kier molecular flexibility index (Phi) is 6.98. The zero-order chi connectivity index (χ0) is 19.1. The molecule has 4 nitrogen and oxygen atoms in total. The molecule has 4 rings (SSSR count). The molecule has 0 bridgehead atoms. The highest BCUT2D eigenvalue weighted by Gasteiger charge is 2.09. The highest BCUT2D eigenvalue weighted by molar-refractivity contribution is 9.10. The van der Waals surface area contributed by atoms with Crippen LogP contribution in [-0.4, -0.2) is 24.2 Å². The highest BCUT2D eigenvalue weighted by Crippen LogP contribution is 2.36. The average molecular weight is 461 g/mol. The van der Waals surface area contributed by atoms with Crippen LogP contribution >= 0.6 is 38.6 Å². The minimum atomic E-state index is 0.767. The molecule has 0 unspecified atom stereocenters. The molecule has 0 aliphatic heterocycles. The normalized spacial score (nSPS) is 10.0. The van der Waals surface area contributed by atoms with E-state index in [4.69, 9.17) is 9.47 Å². The quantitative estimate of drug-likeness (QED) is 0.353. The van der Waals surface area contributed by atoms with Crippen molar-refractivity contribution in [3.63, 3.8) is 0 Å². The van der Waals surface area contributed by atoms with E-state index in [2.05, 4.69) is 25.9 Å². The van der Waals surface area contributed by atoms with Crippen LogP contribution in [0.5, 0.6) is 10.1 Å². The molecule has 138 valence electrons. The molecule has 0 aliphatic carbocycles. The van der Waals surface area contributed by atoms with Gasteiger partial charge in [0, 0.05) is 11.1 Å². The van der Waals surface area contributed by atoms with Gasteiger partial charge < -0.3 is 9.47 Å². The first kappa shape index (κ1) is 19.5. The van der Waals surface area contributed by atoms with Gasteiger partial charge in [0.1, 0.15) is 10.0 Å². The Morgan fingerprint density at radius 1 is 0.778 bits per heavy atom. The number of rotatable bonds is 4. The van der Waals surface area contributed by atoms with Crippen LogP contribution in [0.25, 0.3) is 21.1 Å². The first-order valence-corrected chi connectivity index (χ1v) is 10.4. The van der Waals surface area contributed by atoms with Gasteiger partial charge in [-0.2, -0.15) is 0 Å². The lowest BCUT2D eigenvalue weighted by Gasteiger charge is -1.92. The highest BCUT2D eigenvalue weighted by atomic mass is 79.9. The minimum absolute atomic E-state index is 0.767. The summed E-state index contributed by atoms with van der Waals surface area (Å²) in [6.45, 7) is 0. The first-order chi connectivity index (χ1) is 13.2. The van der Waals surface area contributed by atoms with E-state index in [0.29, 0.717) is 0 Å². The van der Waals surface area contributed by atoms with Gasteiger partial charge in [0.15, 0.2) is 9.67 Å². The van der Waals surface area contributed by atoms with Gasteiger partial charge in [0.05, 0.1) is 20.4 Å². The maximum absolute atomic E-state index is 5.16. The Balaban J connectivity index is 0.000000156. The fraction of sp³-hybridized carbons (Fsp3) is 0.100. The molecule has 0 aliphatic rings. The molecular weight excluding hydrogens is 444 g/mol. The van der Waals surface area contributed by atoms with Crippen LogP contribution in [0, 0.1) is 0 Å². The molecule has 0 saturated carbocycles. The molecule has 0 saturated heterocycles. The molecule has 2 aromatic carbocycles. The lowest BCUT2D eigenvalue weighted by molar-refractivity contribution is 0.423. The zero-order valence-electron chi connectivity index (χ0n) is 14.8. The summed E-state index contributed by atoms with van der Waals surface area (Å²) in [6.07, 6.45) is 1.74. The van der Waals surface area contributed by atoms with Crippen molar-refractivity contribution < 1.29 is 9.47 Å². The molecule has 0 atom stereocenters. The van der Waals surface area contributed by atoms with Crippen molar-refractivity contribution in [2.75, 3.05) is 14.2 Å². The summed E-state index contributed by atoms with van der Waals surface area (Å²) in [5, 5.41) is 3.62. The van der Waals surface area contributed by atoms with Gasteiger partial charge in [-0.1, -0.05) is 83.3 Å². The third-order valence-corrected chi connectivity index (χ3v) is 6.34. The SMILES string of the molecule is COc1cnc(-c2ccccc2)s1.COc1sc(-c2ccccc2)nc1Br. The molecular formula is C20H17BrN2O2S2. The van der Waals surface area contributed by atoms with E-state index in [-0.39, 0.29) is 0 Å². The number of benzene rings is 2. The van der Waals surface area contributed by atoms with E-state index in [1.807, 2.05) is 60.7 Å². The van der Waals surface area contributed by atoms with Crippen molar-refractivity contribution in [3.8, 4) is 31.3 Å². The van der Waals surface area contributed by atoms with E-state index in [0.717, 1.165) is 35.9 Å². The smallest absolute Gasteiger partial charge is 0.209 e. The van der Waals surface area contributed by atoms with Gasteiger partial charge in [-0.15, -0.1) is 0 Å². The van der Waals surface area contributed by atoms with Crippen molar-refractivity contribution in [3.05, 3.63) is 71.5 Å². The Morgan fingerprint density at radius 2 is 1.37 bits per heavy atom. The van der Waals surface area contributed by atoms with Crippen molar-refractivity contribution in [2.45, 2.75) is 0 Å². The second-order valence-electron chi connectivity index (χ2n) is 5.22. The average Bonchev–Trinajstić information content (AvgIpc) is 3.36. The van der Waals surface area contributed by atoms with Crippen molar-refractivity contribution in [1.82, 2.24) is 9.97 Å². The molecule has 0 N–H and O–H groups in total. The van der Waals surface area contributed by atoms with Crippen LogP contribution in [0.3, 0.4) is 0 Å². The van der Waals surface area contributed by atoms with Crippen LogP contribution < -0.4 is 9.47 Å². The Morgan fingerprint density at radius 3 is 1.85 bits per heavy atom. The van der Waals surface area contributed by atoms with Crippen LogP contribution in [0.4, 0.5) is 0 Å². The van der Waals surface area contributed by atoms with E-state index in [9.17, 15) is 0 Å². The minimum Gasteiger partial charge on any atom is -0.486 e. The standard InChI is InChI=1S/C10H8BrNOS.C10H9NOS/c1-13-10-8(11)12-9(14-10)7-5-3-2-4-6-7;1-12-9-7-11-10(13-9)8-5-3-2-4-6-8/h2-6H,1H3;2-7H,1H3. The van der Waals surface area contributed by atoms with Gasteiger partial charge in [0.2, 0.25) is 5.06 Å². The summed E-state index contributed by atoms with van der Waals surface area (Å²) in [5.74, 6) is 0. The second kappa shape index (κ2) is 9.64. The van der Waals surface area contributed by atoms with Gasteiger partial charge >= 0.3 is 0 Å². The fourth-order valence-corrected chi connectivity index (χ4v) is 4.40. The molecule has 7 heteroatoms. The summed E-state index contributed by atoms with van der Waals surface area (Å²) < 4.78 is 11.0. The summed E-state index contributed by atoms with van der Waals surface area (Å²) in [6, 6.07) is 20.1. The van der Waals surface area contributed by atoms with Gasteiger partial charge in [-0.25, -0.2) is 9.97 Å². The third kappa shape index (κ3) is 5.15. The molecule has 2 heterocycles. The topological polar surface area (TPSA) is 44.2 Å². The first-order valence-electron chi connectivity index (χ1n) is 8.02. The molecule has 0 spiro atoms. The number of hydrogen-bond acceptors (Lipinski definition) is 6. The Labute approximate surface area is 174 Å². The van der Waals surface area contributed by atoms with Crippen molar-refractivity contribution in [2.24, 2.45) is 0 Å². The number of methoxy groups -OCH3 is 2. The maximum Gasteiger partial charge on any atom is 0.209 e. The second-order valence-corrected chi connectivity index (χ2v) is 7.93. The molecule has 0 fully saturated rings. The number of halogens is 1. The van der Waals surface area contributed by atoms with Crippen LogP contribution in [0.15, 0.2) is 71.5 Å². The van der Waals surface area contributed by atoms with Gasteiger partial charge in [0.25, 0.3) is 0 Å². The van der Waals surface area contributed by atoms with E-state index >= 15 is 0 Å². The maximum atomic E-state index is 5.16. The number of thiazole rings is 2. The molecule has 0 radical (unpaired) electrons. The zero-order valence-corrected chi connectivity index (χ0v) is 18.0. The predicted octanol–water partition coefficient (Wildman–Crippen LogP) is 6.40. The molecule has 4 aromatic rings. The van der Waals surface area contributed by atoms with Crippen molar-refractivity contribution in [1.29, 1.82) is 0 Å². The van der Waals surface area contributed by atoms with E-state index in [1.165, 1.54) is 11.3 Å². The van der Waals surface area contributed by atoms with Crippen LogP contribution in [0.1, 0.15) is 0 Å². The summed E-state index contributed by atoms with van der Waals surface area (Å²) >= 11 is 6.43. The largest absolute Gasteiger partial charge is 0.486 e. The summed E-state index contributed by atoms with van der Waals surface area (Å²) in [4.78, 5) is 8.61. The monoisotopic (exact) mass is 460 g/mol. The van der Waals surface area contributed by atoms with Crippen LogP contribution in [0.2, 0.25) is 0 Å². The third-order valence-electron chi connectivity index (χ3n) is 3.47. The van der Waals surface area contributed by atoms with Crippen molar-refractivity contribution >= 4 is 38.6 Å². The van der Waals surface area contributed by atoms with Gasteiger partial charge in [-0.3, -0.25) is 0 Å². The predicted molar refractivity (Wildman–Crippen MR) is 116 cm³/mol. The van der Waals surface area contributed by atoms with E-state index < -0.39 is 0 Å². The number of nitrogens with zero attached hydrogens (tertiary/aromatic N) is 2. The Bertz CT molecular complexity index is 972. The van der Waals surface area contributed by atoms with E-state index in [1.54, 1.807) is 31.8 Å². The number of hydrogen-bond donors (Lipinski definition) is 0. The Hall–Kier alpha value is -2.22. The number of aromatic nitrogens is 2.